The average Bonchev–Trinajstić information content (AvgIpc) is 2.45. The van der Waals surface area contributed by atoms with Gasteiger partial charge < -0.3 is 9.47 Å². The predicted octanol–water partition coefficient (Wildman–Crippen LogP) is 3.39. The number of hydrogen-bond acceptors (Lipinski definition) is 4. The Hall–Kier alpha value is -1.52. The monoisotopic (exact) mass is 299 g/mol. The van der Waals surface area contributed by atoms with Crippen LogP contribution in [0.15, 0.2) is 12.7 Å². The largest absolute Gasteiger partial charge is 0.464 e. The van der Waals surface area contributed by atoms with E-state index in [0.29, 0.717) is 13.0 Å². The molecule has 0 aliphatic rings. The van der Waals surface area contributed by atoms with Gasteiger partial charge in [-0.3, -0.25) is 4.90 Å². The van der Waals surface area contributed by atoms with Crippen molar-refractivity contribution < 1.29 is 19.1 Å². The van der Waals surface area contributed by atoms with Crippen molar-refractivity contribution in [2.45, 2.75) is 52.5 Å². The molecule has 0 aromatic heterocycles. The normalized spacial score (nSPS) is 11.9. The van der Waals surface area contributed by atoms with Crippen LogP contribution in [0.2, 0.25) is 0 Å². The molecule has 0 fully saturated rings. The number of hydrogen-bond donors (Lipinski definition) is 0. The molecule has 0 radical (unpaired) electrons. The lowest BCUT2D eigenvalue weighted by atomic mass is 10.0. The Kier molecular flexibility index (Phi) is 10.4. The second-order valence-corrected chi connectivity index (χ2v) is 5.50. The molecule has 0 rings (SSSR count). The van der Waals surface area contributed by atoms with E-state index in [1.54, 1.807) is 7.05 Å². The van der Waals surface area contributed by atoms with Gasteiger partial charge in [0.15, 0.2) is 0 Å². The van der Waals surface area contributed by atoms with Crippen LogP contribution in [0.1, 0.15) is 46.5 Å². The molecule has 0 N–H and O–H groups in total. The molecule has 0 bridgehead atoms. The van der Waals surface area contributed by atoms with E-state index in [2.05, 4.69) is 13.5 Å². The van der Waals surface area contributed by atoms with Crippen LogP contribution < -0.4 is 0 Å². The fraction of sp³-hybridized carbons (Fsp3) is 0.750. The zero-order chi connectivity index (χ0) is 16.3. The minimum absolute atomic E-state index is 0.128. The first-order valence-electron chi connectivity index (χ1n) is 7.61. The summed E-state index contributed by atoms with van der Waals surface area (Å²) in [5, 5.41) is 0. The molecule has 0 aliphatic carbocycles. The summed E-state index contributed by atoms with van der Waals surface area (Å²) in [5.41, 5.74) is 0. The molecule has 5 nitrogen and oxygen atoms in total. The van der Waals surface area contributed by atoms with Crippen molar-refractivity contribution in [3.63, 3.8) is 0 Å². The minimum Gasteiger partial charge on any atom is -0.464 e. The highest BCUT2D eigenvalue weighted by Gasteiger charge is 2.29. The first-order valence-corrected chi connectivity index (χ1v) is 7.61. The Balaban J connectivity index is 4.57. The van der Waals surface area contributed by atoms with Crippen LogP contribution in [0, 0.1) is 5.92 Å². The highest BCUT2D eigenvalue weighted by Crippen LogP contribution is 2.13. The molecular formula is C16H29NO4. The third-order valence-corrected chi connectivity index (χ3v) is 3.04. The van der Waals surface area contributed by atoms with Gasteiger partial charge in [0.25, 0.3) is 0 Å². The van der Waals surface area contributed by atoms with Crippen LogP contribution in [0.3, 0.4) is 0 Å². The van der Waals surface area contributed by atoms with Crippen LogP contribution in [0.4, 0.5) is 4.79 Å². The Bertz CT molecular complexity index is 328. The summed E-state index contributed by atoms with van der Waals surface area (Å²) in [4.78, 5) is 25.3. The Labute approximate surface area is 128 Å². The molecular weight excluding hydrogens is 270 g/mol. The summed E-state index contributed by atoms with van der Waals surface area (Å²) < 4.78 is 10.2. The van der Waals surface area contributed by atoms with Gasteiger partial charge in [-0.1, -0.05) is 46.3 Å². The second-order valence-electron chi connectivity index (χ2n) is 5.50. The molecule has 5 heteroatoms. The van der Waals surface area contributed by atoms with Gasteiger partial charge >= 0.3 is 12.1 Å². The summed E-state index contributed by atoms with van der Waals surface area (Å²) in [6.45, 7) is 10.1. The molecule has 1 unspecified atom stereocenters. The Morgan fingerprint density at radius 1 is 1.24 bits per heavy atom. The quantitative estimate of drug-likeness (QED) is 0.352. The molecule has 0 saturated carbocycles. The van der Waals surface area contributed by atoms with Crippen molar-refractivity contribution in [1.29, 1.82) is 0 Å². The molecule has 1 atom stereocenters. The van der Waals surface area contributed by atoms with Gasteiger partial charge in [0.2, 0.25) is 0 Å². The topological polar surface area (TPSA) is 55.8 Å². The molecule has 0 spiro atoms. The average molecular weight is 299 g/mol. The van der Waals surface area contributed by atoms with Gasteiger partial charge in [-0.05, 0) is 18.8 Å². The smallest absolute Gasteiger partial charge is 0.410 e. The Morgan fingerprint density at radius 3 is 2.43 bits per heavy atom. The lowest BCUT2D eigenvalue weighted by molar-refractivity contribution is -0.149. The number of unbranched alkanes of at least 4 members (excludes halogenated alkanes) is 2. The van der Waals surface area contributed by atoms with Crippen LogP contribution in [0.25, 0.3) is 0 Å². The minimum atomic E-state index is -0.607. The zero-order valence-corrected chi connectivity index (χ0v) is 13.8. The highest BCUT2D eigenvalue weighted by atomic mass is 16.6. The zero-order valence-electron chi connectivity index (χ0n) is 13.8. The lowest BCUT2D eigenvalue weighted by Crippen LogP contribution is -2.44. The maximum Gasteiger partial charge on any atom is 0.410 e. The second kappa shape index (κ2) is 11.2. The van der Waals surface area contributed by atoms with E-state index in [0.717, 1.165) is 19.3 Å². The fourth-order valence-electron chi connectivity index (χ4n) is 1.84. The van der Waals surface area contributed by atoms with E-state index in [4.69, 9.17) is 9.47 Å². The van der Waals surface area contributed by atoms with Crippen LogP contribution in [-0.4, -0.2) is 43.3 Å². The molecule has 0 aromatic carbocycles. The highest BCUT2D eigenvalue weighted by molar-refractivity contribution is 5.81. The number of carbonyl (C=O) groups is 2. The number of ether oxygens (including phenoxy) is 2. The number of carbonyl (C=O) groups excluding carboxylic acids is 2. The summed E-state index contributed by atoms with van der Waals surface area (Å²) in [7, 11) is 1.56. The van der Waals surface area contributed by atoms with Crippen molar-refractivity contribution in [2.75, 3.05) is 20.3 Å². The van der Waals surface area contributed by atoms with Gasteiger partial charge in [0, 0.05) is 7.05 Å². The van der Waals surface area contributed by atoms with Crippen LogP contribution >= 0.6 is 0 Å². The van der Waals surface area contributed by atoms with Crippen molar-refractivity contribution in [3.05, 3.63) is 12.7 Å². The first-order chi connectivity index (χ1) is 9.93. The van der Waals surface area contributed by atoms with Gasteiger partial charge in [-0.15, -0.1) is 0 Å². The summed E-state index contributed by atoms with van der Waals surface area (Å²) in [5.74, 6) is -0.0919. The van der Waals surface area contributed by atoms with Crippen LogP contribution in [0.5, 0.6) is 0 Å². The van der Waals surface area contributed by atoms with Crippen molar-refractivity contribution in [2.24, 2.45) is 5.92 Å². The van der Waals surface area contributed by atoms with Crippen LogP contribution in [-0.2, 0) is 14.3 Å². The molecule has 21 heavy (non-hydrogen) atoms. The maximum atomic E-state index is 12.2. The third kappa shape index (κ3) is 8.38. The molecule has 0 aliphatic heterocycles. The summed E-state index contributed by atoms with van der Waals surface area (Å²) in [6.07, 6.45) is 4.45. The van der Waals surface area contributed by atoms with E-state index >= 15 is 0 Å². The summed E-state index contributed by atoms with van der Waals surface area (Å²) in [6, 6.07) is -0.607. The molecule has 1 amide bonds. The summed E-state index contributed by atoms with van der Waals surface area (Å²) >= 11 is 0. The number of nitrogens with zero attached hydrogens (tertiary/aromatic N) is 1. The van der Waals surface area contributed by atoms with Crippen molar-refractivity contribution >= 4 is 12.1 Å². The standard InChI is InChI=1S/C16H29NO4/c1-6-8-9-11-20-15(18)14(12-13(3)4)17(5)16(19)21-10-7-2/h7,13-14H,2,6,8-12H2,1,3-5H3. The SMILES string of the molecule is C=CCOC(=O)N(C)C(CC(C)C)C(=O)OCCCCC. The number of likely N-dealkylation sites (N-methyl/N-ethyl adjacent to an activating group) is 1. The van der Waals surface area contributed by atoms with Gasteiger partial charge in [-0.2, -0.15) is 0 Å². The van der Waals surface area contributed by atoms with E-state index in [-0.39, 0.29) is 18.5 Å². The van der Waals surface area contributed by atoms with E-state index in [1.165, 1.54) is 11.0 Å². The van der Waals surface area contributed by atoms with Crippen molar-refractivity contribution in [1.82, 2.24) is 4.90 Å². The molecule has 0 saturated heterocycles. The first kappa shape index (κ1) is 19.5. The fourth-order valence-corrected chi connectivity index (χ4v) is 1.84. The van der Waals surface area contributed by atoms with E-state index < -0.39 is 12.1 Å². The number of amides is 1. The molecule has 0 aromatic rings. The number of esters is 1. The third-order valence-electron chi connectivity index (χ3n) is 3.04. The van der Waals surface area contributed by atoms with E-state index in [1.807, 2.05) is 13.8 Å². The lowest BCUT2D eigenvalue weighted by Gasteiger charge is -2.27. The molecule has 0 heterocycles. The van der Waals surface area contributed by atoms with Gasteiger partial charge in [0.05, 0.1) is 6.61 Å². The van der Waals surface area contributed by atoms with Gasteiger partial charge in [0.1, 0.15) is 12.6 Å². The van der Waals surface area contributed by atoms with Gasteiger partial charge in [-0.25, -0.2) is 9.59 Å². The van der Waals surface area contributed by atoms with Crippen molar-refractivity contribution in [3.8, 4) is 0 Å². The number of rotatable bonds is 10. The predicted molar refractivity (Wildman–Crippen MR) is 83.0 cm³/mol. The van der Waals surface area contributed by atoms with E-state index in [9.17, 15) is 9.59 Å². The molecule has 122 valence electrons. The Morgan fingerprint density at radius 2 is 1.90 bits per heavy atom. The maximum absolute atomic E-state index is 12.2.